The number of carbonyl (C=O) groups excluding carboxylic acids is 1. The smallest absolute Gasteiger partial charge is 0.410 e. The second-order valence-electron chi connectivity index (χ2n) is 7.83. The van der Waals surface area contributed by atoms with Gasteiger partial charge in [0.15, 0.2) is 0 Å². The van der Waals surface area contributed by atoms with Crippen molar-refractivity contribution in [1.82, 2.24) is 9.80 Å². The van der Waals surface area contributed by atoms with Crippen LogP contribution < -0.4 is 10.5 Å². The number of carbonyl (C=O) groups is 1. The predicted molar refractivity (Wildman–Crippen MR) is 119 cm³/mol. The first kappa shape index (κ1) is 25.0. The van der Waals surface area contributed by atoms with E-state index < -0.39 is 0 Å². The van der Waals surface area contributed by atoms with Gasteiger partial charge in [-0.2, -0.15) is 0 Å². The Morgan fingerprint density at radius 3 is 2.64 bits per heavy atom. The Kier molecular flexibility index (Phi) is 10.6. The quantitative estimate of drug-likeness (QED) is 0.656. The van der Waals surface area contributed by atoms with Crippen molar-refractivity contribution in [2.24, 2.45) is 5.73 Å². The van der Waals surface area contributed by atoms with Gasteiger partial charge in [-0.1, -0.05) is 25.0 Å². The highest BCUT2D eigenvalue weighted by atomic mass is 35.5. The summed E-state index contributed by atoms with van der Waals surface area (Å²) in [4.78, 5) is 16.1. The second-order valence-corrected chi connectivity index (χ2v) is 7.83. The lowest BCUT2D eigenvalue weighted by molar-refractivity contribution is 0.170. The molecular weight excluding hydrogens is 397 g/mol. The summed E-state index contributed by atoms with van der Waals surface area (Å²) >= 11 is 0. The fourth-order valence-electron chi connectivity index (χ4n) is 4.53. The molecule has 0 bridgehead atoms. The summed E-state index contributed by atoms with van der Waals surface area (Å²) in [6, 6.07) is 6.86. The number of hydrogen-bond donors (Lipinski definition) is 1. The van der Waals surface area contributed by atoms with Gasteiger partial charge in [0.2, 0.25) is 0 Å². The molecule has 3 rings (SSSR count). The van der Waals surface area contributed by atoms with Crippen LogP contribution >= 0.6 is 24.8 Å². The zero-order valence-corrected chi connectivity index (χ0v) is 18.7. The van der Waals surface area contributed by atoms with E-state index in [1.807, 2.05) is 12.1 Å². The van der Waals surface area contributed by atoms with Crippen LogP contribution in [0, 0.1) is 0 Å². The summed E-state index contributed by atoms with van der Waals surface area (Å²) in [5, 5.41) is 0. The molecule has 2 N–H and O–H groups in total. The number of amides is 1. The van der Waals surface area contributed by atoms with Crippen LogP contribution in [0.15, 0.2) is 18.2 Å². The normalized spacial score (nSPS) is 20.4. The van der Waals surface area contributed by atoms with Crippen LogP contribution in [0.2, 0.25) is 0 Å². The number of rotatable bonds is 7. The van der Waals surface area contributed by atoms with E-state index in [9.17, 15) is 4.79 Å². The van der Waals surface area contributed by atoms with Crippen LogP contribution in [0.5, 0.6) is 5.75 Å². The molecule has 2 unspecified atom stereocenters. The fourth-order valence-corrected chi connectivity index (χ4v) is 4.53. The molecule has 1 amide bonds. The van der Waals surface area contributed by atoms with Crippen molar-refractivity contribution in [1.29, 1.82) is 0 Å². The molecule has 1 fully saturated rings. The number of benzene rings is 1. The first-order chi connectivity index (χ1) is 12.6. The molecule has 5 nitrogen and oxygen atoms in total. The predicted octanol–water partition coefficient (Wildman–Crippen LogP) is 4.21. The summed E-state index contributed by atoms with van der Waals surface area (Å²) in [5.41, 5.74) is 8.22. The van der Waals surface area contributed by atoms with Crippen molar-refractivity contribution >= 4 is 30.9 Å². The number of ether oxygens (including phenoxy) is 1. The molecule has 1 aliphatic carbocycles. The zero-order valence-electron chi connectivity index (χ0n) is 17.1. The van der Waals surface area contributed by atoms with Crippen LogP contribution in [-0.2, 0) is 6.42 Å². The Morgan fingerprint density at radius 1 is 1.18 bits per heavy atom. The van der Waals surface area contributed by atoms with E-state index in [0.29, 0.717) is 12.0 Å². The van der Waals surface area contributed by atoms with E-state index in [0.717, 1.165) is 31.6 Å². The minimum Gasteiger partial charge on any atom is -0.410 e. The molecule has 1 aromatic rings. The molecule has 1 heterocycles. The monoisotopic (exact) mass is 431 g/mol. The SMILES string of the molecule is CN(C)C(=O)Oc1cccc2c1CCC1C2CCN1CCCCCCN.Cl.Cl. The van der Waals surface area contributed by atoms with E-state index in [-0.39, 0.29) is 30.9 Å². The molecule has 0 spiro atoms. The van der Waals surface area contributed by atoms with Crippen molar-refractivity contribution < 1.29 is 9.53 Å². The first-order valence-corrected chi connectivity index (χ1v) is 10.1. The van der Waals surface area contributed by atoms with Crippen LogP contribution in [0.3, 0.4) is 0 Å². The molecule has 7 heteroatoms. The van der Waals surface area contributed by atoms with Crippen LogP contribution in [0.1, 0.15) is 55.6 Å². The van der Waals surface area contributed by atoms with Crippen LogP contribution in [0.25, 0.3) is 0 Å². The van der Waals surface area contributed by atoms with Gasteiger partial charge in [-0.25, -0.2) is 4.79 Å². The third-order valence-electron chi connectivity index (χ3n) is 5.88. The van der Waals surface area contributed by atoms with Gasteiger partial charge >= 0.3 is 6.09 Å². The number of likely N-dealkylation sites (tertiary alicyclic amines) is 1. The van der Waals surface area contributed by atoms with Crippen LogP contribution in [0.4, 0.5) is 4.79 Å². The van der Waals surface area contributed by atoms with Crippen molar-refractivity contribution in [2.75, 3.05) is 33.7 Å². The molecule has 160 valence electrons. The first-order valence-electron chi connectivity index (χ1n) is 10.1. The molecule has 0 aromatic heterocycles. The van der Waals surface area contributed by atoms with Crippen molar-refractivity contribution in [3.63, 3.8) is 0 Å². The molecule has 0 radical (unpaired) electrons. The average molecular weight is 432 g/mol. The van der Waals surface area contributed by atoms with E-state index >= 15 is 0 Å². The molecule has 0 saturated carbocycles. The maximum atomic E-state index is 12.0. The highest BCUT2D eigenvalue weighted by Crippen LogP contribution is 2.44. The van der Waals surface area contributed by atoms with E-state index in [1.165, 1.54) is 54.8 Å². The van der Waals surface area contributed by atoms with Gasteiger partial charge in [0.05, 0.1) is 0 Å². The molecular formula is C21H35Cl2N3O2. The lowest BCUT2D eigenvalue weighted by Gasteiger charge is -2.34. The topological polar surface area (TPSA) is 58.8 Å². The van der Waals surface area contributed by atoms with Gasteiger partial charge < -0.3 is 15.4 Å². The number of nitrogens with two attached hydrogens (primary N) is 1. The Hall–Kier alpha value is -1.01. The molecule has 1 aromatic carbocycles. The fraction of sp³-hybridized carbons (Fsp3) is 0.667. The number of halogens is 2. The summed E-state index contributed by atoms with van der Waals surface area (Å²) in [6.07, 6.45) is 8.03. The van der Waals surface area contributed by atoms with Crippen molar-refractivity contribution in [2.45, 2.75) is 56.9 Å². The van der Waals surface area contributed by atoms with Gasteiger partial charge in [0.25, 0.3) is 0 Å². The maximum absolute atomic E-state index is 12.0. The summed E-state index contributed by atoms with van der Waals surface area (Å²) < 4.78 is 5.62. The Bertz CT molecular complexity index is 628. The summed E-state index contributed by atoms with van der Waals surface area (Å²) in [7, 11) is 3.44. The standard InChI is InChI=1S/C21H33N3O2.2ClH/c1-23(2)21(25)26-20-9-7-8-16-17-12-15-24(14-6-4-3-5-13-22)19(17)11-10-18(16)20;;/h7-9,17,19H,3-6,10-15,22H2,1-2H3;2*1H. The van der Waals surface area contributed by atoms with Crippen LogP contribution in [-0.4, -0.2) is 55.7 Å². The molecule has 28 heavy (non-hydrogen) atoms. The minimum atomic E-state index is -0.300. The van der Waals surface area contributed by atoms with Gasteiger partial charge in [0.1, 0.15) is 5.75 Å². The average Bonchev–Trinajstić information content (AvgIpc) is 3.05. The van der Waals surface area contributed by atoms with Gasteiger partial charge in [-0.15, -0.1) is 24.8 Å². The maximum Gasteiger partial charge on any atom is 0.414 e. The number of nitrogens with zero attached hydrogens (tertiary/aromatic N) is 2. The minimum absolute atomic E-state index is 0. The highest BCUT2D eigenvalue weighted by molar-refractivity contribution is 5.85. The lowest BCUT2D eigenvalue weighted by Crippen LogP contribution is -2.36. The third kappa shape index (κ3) is 5.76. The summed E-state index contributed by atoms with van der Waals surface area (Å²) in [5.74, 6) is 1.33. The largest absolute Gasteiger partial charge is 0.414 e. The highest BCUT2D eigenvalue weighted by Gasteiger charge is 2.39. The second kappa shape index (κ2) is 11.9. The molecule has 1 aliphatic heterocycles. The van der Waals surface area contributed by atoms with E-state index in [2.05, 4.69) is 11.0 Å². The zero-order chi connectivity index (χ0) is 18.5. The molecule has 2 aliphatic rings. The lowest BCUT2D eigenvalue weighted by atomic mass is 9.79. The van der Waals surface area contributed by atoms with Gasteiger partial charge in [0, 0.05) is 26.1 Å². The van der Waals surface area contributed by atoms with E-state index in [1.54, 1.807) is 14.1 Å². The van der Waals surface area contributed by atoms with Gasteiger partial charge in [-0.05, 0) is 68.9 Å². The summed E-state index contributed by atoms with van der Waals surface area (Å²) in [6.45, 7) is 3.20. The number of fused-ring (bicyclic) bond motifs is 3. The number of unbranched alkanes of at least 4 members (excludes halogenated alkanes) is 3. The Morgan fingerprint density at radius 2 is 1.93 bits per heavy atom. The third-order valence-corrected chi connectivity index (χ3v) is 5.88. The van der Waals surface area contributed by atoms with Crippen molar-refractivity contribution in [3.8, 4) is 5.75 Å². The Labute approximate surface area is 181 Å². The van der Waals surface area contributed by atoms with Gasteiger partial charge in [-0.3, -0.25) is 4.90 Å². The molecule has 1 saturated heterocycles. The Balaban J connectivity index is 0.00000196. The van der Waals surface area contributed by atoms with E-state index in [4.69, 9.17) is 10.5 Å². The number of hydrogen-bond acceptors (Lipinski definition) is 4. The molecule has 2 atom stereocenters. The van der Waals surface area contributed by atoms with Crippen molar-refractivity contribution in [3.05, 3.63) is 29.3 Å².